The number of fused-ring (bicyclic) bond motifs is 4. The Labute approximate surface area is 166 Å². The Balaban J connectivity index is 1.79. The third-order valence-corrected chi connectivity index (χ3v) is 6.15. The van der Waals surface area contributed by atoms with Crippen molar-refractivity contribution in [2.24, 2.45) is 5.41 Å². The number of Topliss-reactive ketones (excluding diaryl/α,β-unsaturated/α-hetero) is 1. The normalized spacial score (nSPS) is 20.5. The molecule has 2 heteroatoms. The molecule has 0 amide bonds. The van der Waals surface area contributed by atoms with E-state index in [2.05, 4.69) is 86.8 Å². The molecule has 0 aromatic heterocycles. The molecule has 5 rings (SSSR count). The van der Waals surface area contributed by atoms with E-state index in [0.717, 1.165) is 23.2 Å². The molecule has 0 bridgehead atoms. The van der Waals surface area contributed by atoms with Gasteiger partial charge in [0.15, 0.2) is 5.78 Å². The average molecular weight is 367 g/mol. The van der Waals surface area contributed by atoms with Gasteiger partial charge in [0, 0.05) is 23.2 Å². The summed E-state index contributed by atoms with van der Waals surface area (Å²) >= 11 is 0. The highest BCUT2D eigenvalue weighted by Gasteiger charge is 2.40. The van der Waals surface area contributed by atoms with E-state index in [1.807, 2.05) is 0 Å². The maximum Gasteiger partial charge on any atom is 0.162 e. The number of carbonyl (C=O) groups excluding carboxylic acids is 1. The van der Waals surface area contributed by atoms with E-state index in [-0.39, 0.29) is 17.2 Å². The van der Waals surface area contributed by atoms with Crippen LogP contribution in [-0.4, -0.2) is 5.78 Å². The van der Waals surface area contributed by atoms with Crippen LogP contribution in [0.3, 0.4) is 0 Å². The zero-order chi connectivity index (χ0) is 19.5. The zero-order valence-corrected chi connectivity index (χ0v) is 16.7. The van der Waals surface area contributed by atoms with Crippen molar-refractivity contribution in [3.63, 3.8) is 0 Å². The third-order valence-electron chi connectivity index (χ3n) is 6.15. The van der Waals surface area contributed by atoms with Crippen molar-refractivity contribution < 1.29 is 4.79 Å². The summed E-state index contributed by atoms with van der Waals surface area (Å²) < 4.78 is 0. The molecular formula is C26H25NO. The average Bonchev–Trinajstić information content (AvgIpc) is 2.66. The number of aryl methyl sites for hydroxylation is 1. The first-order valence-corrected chi connectivity index (χ1v) is 10.0. The topological polar surface area (TPSA) is 29.1 Å². The molecule has 1 atom stereocenters. The van der Waals surface area contributed by atoms with Crippen LogP contribution in [0.5, 0.6) is 0 Å². The number of ketones is 1. The first-order chi connectivity index (χ1) is 13.4. The van der Waals surface area contributed by atoms with E-state index in [4.69, 9.17) is 0 Å². The van der Waals surface area contributed by atoms with Gasteiger partial charge in [-0.15, -0.1) is 0 Å². The monoisotopic (exact) mass is 367 g/mol. The minimum absolute atomic E-state index is 0.0146. The largest absolute Gasteiger partial charge is 0.373 e. The summed E-state index contributed by atoms with van der Waals surface area (Å²) in [6.07, 6.45) is 1.54. The lowest BCUT2D eigenvalue weighted by molar-refractivity contribution is -0.118. The summed E-state index contributed by atoms with van der Waals surface area (Å²) in [5, 5.41) is 6.15. The Hall–Kier alpha value is -2.87. The van der Waals surface area contributed by atoms with E-state index < -0.39 is 0 Å². The van der Waals surface area contributed by atoms with Crippen molar-refractivity contribution in [2.75, 3.05) is 5.32 Å². The van der Waals surface area contributed by atoms with Crippen LogP contribution in [0.2, 0.25) is 0 Å². The van der Waals surface area contributed by atoms with Gasteiger partial charge < -0.3 is 5.32 Å². The summed E-state index contributed by atoms with van der Waals surface area (Å²) in [5.74, 6) is 0.280. The number of rotatable bonds is 1. The van der Waals surface area contributed by atoms with E-state index in [0.29, 0.717) is 6.42 Å². The molecule has 0 saturated carbocycles. The fourth-order valence-corrected chi connectivity index (χ4v) is 4.85. The summed E-state index contributed by atoms with van der Waals surface area (Å²) in [4.78, 5) is 13.3. The van der Waals surface area contributed by atoms with Crippen LogP contribution in [0.1, 0.15) is 49.4 Å². The van der Waals surface area contributed by atoms with Crippen LogP contribution in [0.4, 0.5) is 5.69 Å². The molecule has 1 heterocycles. The Bertz CT molecular complexity index is 1130. The molecule has 140 valence electrons. The molecule has 3 aromatic carbocycles. The van der Waals surface area contributed by atoms with Crippen LogP contribution in [0.25, 0.3) is 16.3 Å². The first kappa shape index (κ1) is 17.2. The van der Waals surface area contributed by atoms with Crippen LogP contribution in [0, 0.1) is 12.3 Å². The third kappa shape index (κ3) is 2.67. The molecule has 1 aliphatic carbocycles. The molecule has 28 heavy (non-hydrogen) atoms. The van der Waals surface area contributed by atoms with Crippen molar-refractivity contribution in [1.82, 2.24) is 0 Å². The second-order valence-electron chi connectivity index (χ2n) is 9.03. The molecule has 0 radical (unpaired) electrons. The van der Waals surface area contributed by atoms with Gasteiger partial charge in [-0.1, -0.05) is 74.0 Å². The Morgan fingerprint density at radius 2 is 1.68 bits per heavy atom. The smallest absolute Gasteiger partial charge is 0.162 e. The van der Waals surface area contributed by atoms with E-state index >= 15 is 0 Å². The van der Waals surface area contributed by atoms with E-state index in [9.17, 15) is 4.79 Å². The van der Waals surface area contributed by atoms with Gasteiger partial charge in [0.25, 0.3) is 0 Å². The molecule has 0 unspecified atom stereocenters. The molecule has 1 aliphatic heterocycles. The molecule has 2 aliphatic rings. The molecule has 0 spiro atoms. The lowest BCUT2D eigenvalue weighted by Gasteiger charge is -2.40. The number of anilines is 1. The highest BCUT2D eigenvalue weighted by Crippen LogP contribution is 2.51. The fraction of sp³-hybridized carbons (Fsp3) is 0.269. The molecule has 2 nitrogen and oxygen atoms in total. The van der Waals surface area contributed by atoms with Crippen LogP contribution in [-0.2, 0) is 4.79 Å². The predicted octanol–water partition coefficient (Wildman–Crippen LogP) is 6.46. The number of carbonyl (C=O) groups is 1. The second kappa shape index (κ2) is 6.07. The lowest BCUT2D eigenvalue weighted by Crippen LogP contribution is -2.33. The van der Waals surface area contributed by atoms with Crippen molar-refractivity contribution in [3.05, 3.63) is 82.9 Å². The van der Waals surface area contributed by atoms with E-state index in [1.165, 1.54) is 27.5 Å². The van der Waals surface area contributed by atoms with Gasteiger partial charge in [0.2, 0.25) is 0 Å². The zero-order valence-electron chi connectivity index (χ0n) is 16.7. The maximum atomic E-state index is 13.3. The summed E-state index contributed by atoms with van der Waals surface area (Å²) in [6.45, 7) is 6.52. The number of benzene rings is 3. The van der Waals surface area contributed by atoms with Gasteiger partial charge in [-0.05, 0) is 46.7 Å². The Morgan fingerprint density at radius 1 is 0.929 bits per heavy atom. The van der Waals surface area contributed by atoms with Crippen molar-refractivity contribution in [3.8, 4) is 0 Å². The minimum Gasteiger partial charge on any atom is -0.373 e. The number of allylic oxidation sites excluding steroid dienone is 1. The van der Waals surface area contributed by atoms with Gasteiger partial charge >= 0.3 is 0 Å². The van der Waals surface area contributed by atoms with Crippen LogP contribution >= 0.6 is 0 Å². The van der Waals surface area contributed by atoms with Crippen molar-refractivity contribution in [1.29, 1.82) is 0 Å². The molecule has 0 fully saturated rings. The fourth-order valence-electron chi connectivity index (χ4n) is 4.85. The Kier molecular flexibility index (Phi) is 3.74. The first-order valence-electron chi connectivity index (χ1n) is 10.0. The van der Waals surface area contributed by atoms with Gasteiger partial charge in [-0.3, -0.25) is 4.79 Å². The van der Waals surface area contributed by atoms with Crippen molar-refractivity contribution >= 4 is 27.8 Å². The van der Waals surface area contributed by atoms with Gasteiger partial charge in [0.1, 0.15) is 0 Å². The lowest BCUT2D eigenvalue weighted by atomic mass is 9.68. The molecular weight excluding hydrogens is 342 g/mol. The van der Waals surface area contributed by atoms with Gasteiger partial charge in [-0.2, -0.15) is 0 Å². The Morgan fingerprint density at radius 3 is 2.46 bits per heavy atom. The summed E-state index contributed by atoms with van der Waals surface area (Å²) in [5.41, 5.74) is 6.93. The molecule has 3 aromatic rings. The van der Waals surface area contributed by atoms with Crippen molar-refractivity contribution in [2.45, 2.75) is 39.7 Å². The highest BCUT2D eigenvalue weighted by molar-refractivity contribution is 6.12. The quantitative estimate of drug-likeness (QED) is 0.535. The van der Waals surface area contributed by atoms with Crippen LogP contribution < -0.4 is 5.32 Å². The highest BCUT2D eigenvalue weighted by atomic mass is 16.1. The summed E-state index contributed by atoms with van der Waals surface area (Å²) in [7, 11) is 0. The predicted molar refractivity (Wildman–Crippen MR) is 116 cm³/mol. The number of nitrogens with one attached hydrogen (secondary N) is 1. The van der Waals surface area contributed by atoms with E-state index in [1.54, 1.807) is 0 Å². The summed E-state index contributed by atoms with van der Waals surface area (Å²) in [6, 6.07) is 21.3. The number of hydrogen-bond donors (Lipinski definition) is 1. The number of hydrogen-bond acceptors (Lipinski definition) is 2. The molecule has 1 N–H and O–H groups in total. The van der Waals surface area contributed by atoms with Gasteiger partial charge in [0.05, 0.1) is 6.04 Å². The minimum atomic E-state index is -0.0761. The van der Waals surface area contributed by atoms with Crippen LogP contribution in [0.15, 0.2) is 66.2 Å². The second-order valence-corrected chi connectivity index (χ2v) is 9.03. The SMILES string of the molecule is Cc1ccc([C@H]2Nc3ccc4ccccc4c3C3=C2C(=O)CC(C)(C)C3)cc1. The standard InChI is InChI=1S/C26H25NO/c1-16-8-10-18(11-9-16)25-24-20(14-26(2,3)15-22(24)28)23-19-7-5-4-6-17(19)12-13-21(23)27-25/h4-13,25,27H,14-15H2,1-3H3/t25-/m1/s1. The van der Waals surface area contributed by atoms with Gasteiger partial charge in [-0.25, -0.2) is 0 Å². The maximum absolute atomic E-state index is 13.3. The molecule has 0 saturated heterocycles.